The predicted octanol–water partition coefficient (Wildman–Crippen LogP) is 2.30. The summed E-state index contributed by atoms with van der Waals surface area (Å²) in [5.41, 5.74) is 4.10. The highest BCUT2D eigenvalue weighted by Crippen LogP contribution is 2.24. The van der Waals surface area contributed by atoms with Crippen LogP contribution in [-0.4, -0.2) is 37.7 Å². The Balaban J connectivity index is 1.60. The van der Waals surface area contributed by atoms with Crippen molar-refractivity contribution in [3.8, 4) is 11.1 Å². The van der Waals surface area contributed by atoms with Crippen molar-refractivity contribution in [1.82, 2.24) is 24.5 Å². The molecule has 1 aliphatic heterocycles. The van der Waals surface area contributed by atoms with E-state index in [1.165, 1.54) is 0 Å². The Hall–Kier alpha value is -2.93. The number of rotatable bonds is 3. The van der Waals surface area contributed by atoms with Crippen molar-refractivity contribution >= 4 is 22.2 Å². The molecule has 1 fully saturated rings. The summed E-state index contributed by atoms with van der Waals surface area (Å²) < 4.78 is 7.20. The van der Waals surface area contributed by atoms with Crippen LogP contribution in [-0.2, 0) is 11.3 Å². The number of fused-ring (bicyclic) bond motifs is 2. The van der Waals surface area contributed by atoms with E-state index in [4.69, 9.17) is 4.74 Å². The second-order valence-corrected chi connectivity index (χ2v) is 6.50. The molecule has 126 valence electrons. The Morgan fingerprint density at radius 1 is 1.20 bits per heavy atom. The summed E-state index contributed by atoms with van der Waals surface area (Å²) in [5, 5.41) is 1.05. The molecule has 7 nitrogen and oxygen atoms in total. The van der Waals surface area contributed by atoms with E-state index in [1.54, 1.807) is 10.8 Å². The highest BCUT2D eigenvalue weighted by Gasteiger charge is 2.19. The zero-order chi connectivity index (χ0) is 16.8. The van der Waals surface area contributed by atoms with Crippen LogP contribution in [0.3, 0.4) is 0 Å². The van der Waals surface area contributed by atoms with Crippen molar-refractivity contribution < 1.29 is 4.74 Å². The first kappa shape index (κ1) is 14.4. The third-order valence-corrected chi connectivity index (χ3v) is 4.83. The van der Waals surface area contributed by atoms with Gasteiger partial charge in [-0.25, -0.2) is 14.8 Å². The van der Waals surface area contributed by atoms with Gasteiger partial charge in [-0.15, -0.1) is 0 Å². The van der Waals surface area contributed by atoms with Gasteiger partial charge in [0.2, 0.25) is 0 Å². The lowest BCUT2D eigenvalue weighted by molar-refractivity contribution is 0.182. The van der Waals surface area contributed by atoms with Crippen molar-refractivity contribution in [2.24, 2.45) is 5.92 Å². The number of ether oxygens (including phenoxy) is 1. The van der Waals surface area contributed by atoms with Gasteiger partial charge in [0.05, 0.1) is 12.1 Å². The van der Waals surface area contributed by atoms with Crippen LogP contribution in [0.4, 0.5) is 0 Å². The molecule has 1 atom stereocenters. The largest absolute Gasteiger partial charge is 0.381 e. The number of hydrogen-bond donors (Lipinski definition) is 2. The Labute approximate surface area is 142 Å². The zero-order valence-corrected chi connectivity index (χ0v) is 13.5. The summed E-state index contributed by atoms with van der Waals surface area (Å²) in [6, 6.07) is 6.07. The van der Waals surface area contributed by atoms with Crippen molar-refractivity contribution in [3.05, 3.63) is 47.3 Å². The molecule has 4 aromatic rings. The summed E-state index contributed by atoms with van der Waals surface area (Å²) in [6.45, 7) is 2.13. The molecule has 5 heterocycles. The molecule has 1 aliphatic rings. The third-order valence-electron chi connectivity index (χ3n) is 4.83. The van der Waals surface area contributed by atoms with Crippen molar-refractivity contribution in [1.29, 1.82) is 0 Å². The van der Waals surface area contributed by atoms with Crippen LogP contribution in [0.15, 0.2) is 41.6 Å². The lowest BCUT2D eigenvalue weighted by atomic mass is 10.1. The summed E-state index contributed by atoms with van der Waals surface area (Å²) in [6.07, 6.45) is 6.45. The number of nitrogens with zero attached hydrogens (tertiary/aromatic N) is 3. The van der Waals surface area contributed by atoms with Crippen molar-refractivity contribution in [2.75, 3.05) is 13.2 Å². The minimum Gasteiger partial charge on any atom is -0.381 e. The normalized spacial score (nSPS) is 17.7. The van der Waals surface area contributed by atoms with E-state index in [0.29, 0.717) is 24.7 Å². The maximum absolute atomic E-state index is 12.3. The van der Waals surface area contributed by atoms with Gasteiger partial charge in [0, 0.05) is 54.2 Å². The molecule has 2 N–H and O–H groups in total. The molecule has 0 saturated carbocycles. The maximum Gasteiger partial charge on any atom is 0.327 e. The monoisotopic (exact) mass is 335 g/mol. The van der Waals surface area contributed by atoms with Gasteiger partial charge in [0.25, 0.3) is 0 Å². The number of aromatic nitrogens is 5. The minimum absolute atomic E-state index is 0.120. The van der Waals surface area contributed by atoms with Gasteiger partial charge in [-0.1, -0.05) is 0 Å². The first-order valence-electron chi connectivity index (χ1n) is 8.38. The third kappa shape index (κ3) is 2.44. The highest BCUT2D eigenvalue weighted by molar-refractivity contribution is 5.84. The first-order chi connectivity index (χ1) is 12.3. The van der Waals surface area contributed by atoms with E-state index < -0.39 is 0 Å². The van der Waals surface area contributed by atoms with Crippen LogP contribution in [0.5, 0.6) is 0 Å². The van der Waals surface area contributed by atoms with Gasteiger partial charge < -0.3 is 9.72 Å². The Bertz CT molecular complexity index is 1120. The van der Waals surface area contributed by atoms with E-state index in [0.717, 1.165) is 40.7 Å². The molecular formula is C18H17N5O2. The SMILES string of the molecule is O=c1[nH]c2ncc(-c3cnc4[nH]ccc4c3)cc2n1CC1CCOC1. The fourth-order valence-corrected chi connectivity index (χ4v) is 3.46. The molecular weight excluding hydrogens is 318 g/mol. The van der Waals surface area contributed by atoms with Crippen LogP contribution in [0.1, 0.15) is 6.42 Å². The molecule has 4 aromatic heterocycles. The quantitative estimate of drug-likeness (QED) is 0.601. The molecule has 0 radical (unpaired) electrons. The van der Waals surface area contributed by atoms with E-state index in [1.807, 2.05) is 24.5 Å². The van der Waals surface area contributed by atoms with E-state index >= 15 is 0 Å². The number of H-pyrrole nitrogens is 2. The van der Waals surface area contributed by atoms with Gasteiger partial charge in [-0.3, -0.25) is 9.55 Å². The number of aromatic amines is 2. The standard InChI is InChI=1S/C18H17N5O2/c24-18-22-17-15(23(18)9-11-2-4-25-10-11)6-14(8-21-17)13-5-12-1-3-19-16(12)20-7-13/h1,3,5-8,11H,2,4,9-10H2,(H,19,20)(H,21,22,24). The van der Waals surface area contributed by atoms with Crippen LogP contribution < -0.4 is 5.69 Å². The van der Waals surface area contributed by atoms with Crippen LogP contribution in [0.25, 0.3) is 33.3 Å². The Morgan fingerprint density at radius 3 is 2.88 bits per heavy atom. The molecule has 5 rings (SSSR count). The average Bonchev–Trinajstić information content (AvgIpc) is 3.35. The molecule has 1 saturated heterocycles. The first-order valence-corrected chi connectivity index (χ1v) is 8.38. The number of pyridine rings is 2. The highest BCUT2D eigenvalue weighted by atomic mass is 16.5. The van der Waals surface area contributed by atoms with Gasteiger partial charge in [0.1, 0.15) is 5.65 Å². The summed E-state index contributed by atoms with van der Waals surface area (Å²) in [5.74, 6) is 0.373. The minimum atomic E-state index is -0.120. The molecule has 0 amide bonds. The molecule has 0 aromatic carbocycles. The Morgan fingerprint density at radius 2 is 2.04 bits per heavy atom. The second-order valence-electron chi connectivity index (χ2n) is 6.50. The molecule has 25 heavy (non-hydrogen) atoms. The molecule has 7 heteroatoms. The van der Waals surface area contributed by atoms with Gasteiger partial charge in [-0.05, 0) is 24.6 Å². The molecule has 0 bridgehead atoms. The zero-order valence-electron chi connectivity index (χ0n) is 13.5. The van der Waals surface area contributed by atoms with Gasteiger partial charge >= 0.3 is 5.69 Å². The van der Waals surface area contributed by atoms with Crippen molar-refractivity contribution in [2.45, 2.75) is 13.0 Å². The van der Waals surface area contributed by atoms with Crippen LogP contribution in [0, 0.1) is 5.92 Å². The maximum atomic E-state index is 12.3. The van der Waals surface area contributed by atoms with Crippen molar-refractivity contribution in [3.63, 3.8) is 0 Å². The van der Waals surface area contributed by atoms with E-state index in [-0.39, 0.29) is 5.69 Å². The fourth-order valence-electron chi connectivity index (χ4n) is 3.46. The lowest BCUT2D eigenvalue weighted by Gasteiger charge is -2.09. The topological polar surface area (TPSA) is 88.6 Å². The molecule has 0 aliphatic carbocycles. The average molecular weight is 335 g/mol. The fraction of sp³-hybridized carbons (Fsp3) is 0.278. The lowest BCUT2D eigenvalue weighted by Crippen LogP contribution is -2.21. The number of nitrogens with one attached hydrogen (secondary N) is 2. The summed E-state index contributed by atoms with van der Waals surface area (Å²) in [4.78, 5) is 27.1. The van der Waals surface area contributed by atoms with E-state index in [2.05, 4.69) is 26.0 Å². The van der Waals surface area contributed by atoms with Crippen LogP contribution >= 0.6 is 0 Å². The van der Waals surface area contributed by atoms with Crippen LogP contribution in [0.2, 0.25) is 0 Å². The summed E-state index contributed by atoms with van der Waals surface area (Å²) >= 11 is 0. The molecule has 0 spiro atoms. The van der Waals surface area contributed by atoms with Gasteiger partial charge in [-0.2, -0.15) is 0 Å². The number of hydrogen-bond acceptors (Lipinski definition) is 4. The number of imidazole rings is 1. The second kappa shape index (κ2) is 5.56. The smallest absolute Gasteiger partial charge is 0.327 e. The Kier molecular flexibility index (Phi) is 3.21. The van der Waals surface area contributed by atoms with Gasteiger partial charge in [0.15, 0.2) is 5.65 Å². The van der Waals surface area contributed by atoms with E-state index in [9.17, 15) is 4.79 Å². The molecule has 1 unspecified atom stereocenters. The summed E-state index contributed by atoms with van der Waals surface area (Å²) in [7, 11) is 0. The predicted molar refractivity (Wildman–Crippen MR) is 94.4 cm³/mol.